The third-order valence-electron chi connectivity index (χ3n) is 1.75. The van der Waals surface area contributed by atoms with E-state index in [1.54, 1.807) is 6.20 Å². The first-order chi connectivity index (χ1) is 7.09. The number of hydrogen-bond acceptors (Lipinski definition) is 4. The van der Waals surface area contributed by atoms with Crippen LogP contribution in [0.3, 0.4) is 0 Å². The normalized spacial score (nSPS) is 12.0. The van der Waals surface area contributed by atoms with Gasteiger partial charge < -0.3 is 20.5 Å². The minimum atomic E-state index is -1.10. The summed E-state index contributed by atoms with van der Waals surface area (Å²) in [6.45, 7) is 0. The highest BCUT2D eigenvalue weighted by Crippen LogP contribution is 2.05. The summed E-state index contributed by atoms with van der Waals surface area (Å²) in [6, 6.07) is -0.952. The fraction of sp³-hybridized carbons (Fsp3) is 0.375. The van der Waals surface area contributed by atoms with Crippen LogP contribution in [0.2, 0.25) is 0 Å². The van der Waals surface area contributed by atoms with Gasteiger partial charge in [0.2, 0.25) is 5.95 Å². The van der Waals surface area contributed by atoms with Crippen LogP contribution in [0, 0.1) is 0 Å². The first-order valence-corrected chi connectivity index (χ1v) is 4.30. The third kappa shape index (κ3) is 3.67. The number of imidazole rings is 1. The molecular weight excluding hydrogens is 202 g/mol. The summed E-state index contributed by atoms with van der Waals surface area (Å²) in [6.07, 6.45) is 2.81. The number of carbonyl (C=O) groups is 2. The van der Waals surface area contributed by atoms with E-state index in [4.69, 9.17) is 10.2 Å². The van der Waals surface area contributed by atoms with Crippen molar-refractivity contribution < 1.29 is 19.8 Å². The van der Waals surface area contributed by atoms with Gasteiger partial charge >= 0.3 is 11.9 Å². The van der Waals surface area contributed by atoms with Gasteiger partial charge in [0, 0.05) is 18.8 Å². The van der Waals surface area contributed by atoms with Crippen molar-refractivity contribution in [1.82, 2.24) is 9.97 Å². The predicted octanol–water partition coefficient (Wildman–Crippen LogP) is 0.140. The number of aromatic nitrogens is 2. The summed E-state index contributed by atoms with van der Waals surface area (Å²) in [5.74, 6) is -1.82. The second kappa shape index (κ2) is 4.99. The SMILES string of the molecule is O=C(O)CC[C@H](Nc1ncc[nH]1)C(=O)O. The van der Waals surface area contributed by atoms with Crippen LogP contribution in [0.1, 0.15) is 12.8 Å². The molecule has 0 amide bonds. The molecule has 1 rings (SSSR count). The zero-order chi connectivity index (χ0) is 11.3. The van der Waals surface area contributed by atoms with Crippen LogP contribution in [-0.4, -0.2) is 38.2 Å². The van der Waals surface area contributed by atoms with E-state index in [2.05, 4.69) is 15.3 Å². The van der Waals surface area contributed by atoms with E-state index in [0.29, 0.717) is 5.95 Å². The highest BCUT2D eigenvalue weighted by Gasteiger charge is 2.18. The van der Waals surface area contributed by atoms with E-state index in [9.17, 15) is 9.59 Å². The standard InChI is InChI=1S/C8H11N3O4/c12-6(13)2-1-5(7(14)15)11-8-9-3-4-10-8/h3-5H,1-2H2,(H,12,13)(H,14,15)(H2,9,10,11)/t5-/m0/s1. The van der Waals surface area contributed by atoms with Crippen molar-refractivity contribution in [3.8, 4) is 0 Å². The lowest BCUT2D eigenvalue weighted by Crippen LogP contribution is -2.30. The molecule has 0 saturated heterocycles. The number of nitrogens with zero attached hydrogens (tertiary/aromatic N) is 1. The molecule has 0 unspecified atom stereocenters. The fourth-order valence-corrected chi connectivity index (χ4v) is 1.03. The summed E-state index contributed by atoms with van der Waals surface area (Å²) in [5.41, 5.74) is 0. The highest BCUT2D eigenvalue weighted by molar-refractivity contribution is 5.77. The van der Waals surface area contributed by atoms with E-state index in [-0.39, 0.29) is 12.8 Å². The van der Waals surface area contributed by atoms with Crippen molar-refractivity contribution in [3.05, 3.63) is 12.4 Å². The smallest absolute Gasteiger partial charge is 0.326 e. The topological polar surface area (TPSA) is 115 Å². The largest absolute Gasteiger partial charge is 0.481 e. The summed E-state index contributed by atoms with van der Waals surface area (Å²) in [4.78, 5) is 27.5. The van der Waals surface area contributed by atoms with Crippen LogP contribution in [0.5, 0.6) is 0 Å². The number of anilines is 1. The summed E-state index contributed by atoms with van der Waals surface area (Å²) in [5, 5.41) is 19.8. The Balaban J connectivity index is 2.51. The Labute approximate surface area is 85.1 Å². The molecular formula is C8H11N3O4. The zero-order valence-electron chi connectivity index (χ0n) is 7.80. The Hall–Kier alpha value is -2.05. The van der Waals surface area contributed by atoms with Crippen molar-refractivity contribution in [2.24, 2.45) is 0 Å². The van der Waals surface area contributed by atoms with Crippen molar-refractivity contribution in [1.29, 1.82) is 0 Å². The summed E-state index contributed by atoms with van der Waals surface area (Å²) in [7, 11) is 0. The Morgan fingerprint density at radius 1 is 1.53 bits per heavy atom. The quantitative estimate of drug-likeness (QED) is 0.534. The van der Waals surface area contributed by atoms with E-state index < -0.39 is 18.0 Å². The Bertz CT molecular complexity index is 336. The molecule has 0 radical (unpaired) electrons. The lowest BCUT2D eigenvalue weighted by Gasteiger charge is -2.11. The number of H-pyrrole nitrogens is 1. The molecule has 1 atom stereocenters. The van der Waals surface area contributed by atoms with Gasteiger partial charge in [0.15, 0.2) is 0 Å². The second-order valence-electron chi connectivity index (χ2n) is 2.91. The molecule has 0 spiro atoms. The lowest BCUT2D eigenvalue weighted by molar-refractivity contribution is -0.139. The molecule has 7 nitrogen and oxygen atoms in total. The molecule has 15 heavy (non-hydrogen) atoms. The van der Waals surface area contributed by atoms with Gasteiger partial charge in [-0.15, -0.1) is 0 Å². The maximum Gasteiger partial charge on any atom is 0.326 e. The molecule has 0 saturated carbocycles. The minimum absolute atomic E-state index is 0.00532. The molecule has 0 aliphatic heterocycles. The number of hydrogen-bond donors (Lipinski definition) is 4. The lowest BCUT2D eigenvalue weighted by atomic mass is 10.1. The van der Waals surface area contributed by atoms with E-state index in [1.807, 2.05) is 0 Å². The van der Waals surface area contributed by atoms with Crippen LogP contribution in [0.4, 0.5) is 5.95 Å². The van der Waals surface area contributed by atoms with E-state index >= 15 is 0 Å². The van der Waals surface area contributed by atoms with E-state index in [0.717, 1.165) is 0 Å². The van der Waals surface area contributed by atoms with Crippen molar-refractivity contribution in [3.63, 3.8) is 0 Å². The Morgan fingerprint density at radius 2 is 2.27 bits per heavy atom. The third-order valence-corrected chi connectivity index (χ3v) is 1.75. The minimum Gasteiger partial charge on any atom is -0.481 e. The Kier molecular flexibility index (Phi) is 3.67. The molecule has 0 aromatic carbocycles. The van der Waals surface area contributed by atoms with Crippen LogP contribution < -0.4 is 5.32 Å². The summed E-state index contributed by atoms with van der Waals surface area (Å²) < 4.78 is 0. The zero-order valence-corrected chi connectivity index (χ0v) is 7.80. The summed E-state index contributed by atoms with van der Waals surface area (Å²) >= 11 is 0. The monoisotopic (exact) mass is 213 g/mol. The maximum atomic E-state index is 10.7. The number of aliphatic carboxylic acids is 2. The van der Waals surface area contributed by atoms with Gasteiger partial charge in [-0.25, -0.2) is 9.78 Å². The van der Waals surface area contributed by atoms with Gasteiger partial charge in [-0.3, -0.25) is 4.79 Å². The maximum absolute atomic E-state index is 10.7. The van der Waals surface area contributed by atoms with Gasteiger partial charge in [-0.05, 0) is 6.42 Å². The molecule has 4 N–H and O–H groups in total. The first kappa shape index (κ1) is 11.0. The number of carboxylic acid groups (broad SMARTS) is 2. The van der Waals surface area contributed by atoms with E-state index in [1.165, 1.54) is 6.20 Å². The van der Waals surface area contributed by atoms with Crippen LogP contribution in [-0.2, 0) is 9.59 Å². The average Bonchev–Trinajstić information content (AvgIpc) is 2.63. The molecule has 0 aliphatic carbocycles. The number of aromatic amines is 1. The van der Waals surface area contributed by atoms with Gasteiger partial charge in [0.1, 0.15) is 6.04 Å². The van der Waals surface area contributed by atoms with Gasteiger partial charge in [0.25, 0.3) is 0 Å². The molecule has 82 valence electrons. The van der Waals surface area contributed by atoms with Crippen molar-refractivity contribution >= 4 is 17.9 Å². The van der Waals surface area contributed by atoms with Crippen molar-refractivity contribution in [2.75, 3.05) is 5.32 Å². The highest BCUT2D eigenvalue weighted by atomic mass is 16.4. The molecule has 0 fully saturated rings. The molecule has 1 heterocycles. The fourth-order valence-electron chi connectivity index (χ4n) is 1.03. The molecule has 0 bridgehead atoms. The molecule has 1 aromatic heterocycles. The number of nitrogens with one attached hydrogen (secondary N) is 2. The van der Waals surface area contributed by atoms with Crippen LogP contribution in [0.25, 0.3) is 0 Å². The predicted molar refractivity (Wildman–Crippen MR) is 50.5 cm³/mol. The van der Waals surface area contributed by atoms with Gasteiger partial charge in [0.05, 0.1) is 0 Å². The average molecular weight is 213 g/mol. The van der Waals surface area contributed by atoms with Gasteiger partial charge in [-0.1, -0.05) is 0 Å². The molecule has 1 aromatic rings. The number of carboxylic acids is 2. The van der Waals surface area contributed by atoms with Gasteiger partial charge in [-0.2, -0.15) is 0 Å². The van der Waals surface area contributed by atoms with Crippen molar-refractivity contribution in [2.45, 2.75) is 18.9 Å². The first-order valence-electron chi connectivity index (χ1n) is 4.30. The molecule has 0 aliphatic rings. The van der Waals surface area contributed by atoms with Crippen LogP contribution in [0.15, 0.2) is 12.4 Å². The second-order valence-corrected chi connectivity index (χ2v) is 2.91. The number of rotatable bonds is 6. The Morgan fingerprint density at radius 3 is 2.73 bits per heavy atom. The van der Waals surface area contributed by atoms with Crippen LogP contribution >= 0.6 is 0 Å². The molecule has 7 heteroatoms.